The highest BCUT2D eigenvalue weighted by atomic mass is 35.5. The average Bonchev–Trinajstić information content (AvgIpc) is 1.24. The van der Waals surface area contributed by atoms with Gasteiger partial charge in [-0.2, -0.15) is 65.5 Å². The number of hydrogen-bond acceptors (Lipinski definition) is 31. The maximum absolute atomic E-state index is 12.7. The Morgan fingerprint density at radius 2 is 0.843 bits per heavy atom. The van der Waals surface area contributed by atoms with Crippen molar-refractivity contribution in [2.24, 2.45) is 0 Å². The number of oxazole rings is 2. The van der Waals surface area contributed by atoms with E-state index in [1.165, 1.54) is 57.1 Å². The zero-order chi connectivity index (χ0) is 102. The Balaban J connectivity index is 0.000000153. The molecule has 4 N–H and O–H groups in total. The third-order valence-corrected chi connectivity index (χ3v) is 23.8. The Labute approximate surface area is 829 Å². The number of likely N-dealkylation sites (tertiary alicyclic amines) is 3. The number of amides is 3. The van der Waals surface area contributed by atoms with Crippen LogP contribution < -0.4 is 41.4 Å². The minimum atomic E-state index is -5.96. The van der Waals surface area contributed by atoms with Crippen LogP contribution in [0.5, 0.6) is 23.3 Å². The zero-order valence-corrected chi connectivity index (χ0v) is 83.1. The van der Waals surface area contributed by atoms with E-state index in [-0.39, 0.29) is 82.7 Å². The van der Waals surface area contributed by atoms with Crippen molar-refractivity contribution in [1.29, 1.82) is 0 Å². The first-order valence-electron chi connectivity index (χ1n) is 43.9. The number of hydrogen-bond donors (Lipinski definition) is 3. The predicted octanol–water partition coefficient (Wildman–Crippen LogP) is 18.1. The Morgan fingerprint density at radius 3 is 1.26 bits per heavy atom. The fourth-order valence-corrected chi connectivity index (χ4v) is 17.0. The van der Waals surface area contributed by atoms with E-state index in [2.05, 4.69) is 59.9 Å². The highest BCUT2D eigenvalue weighted by Crippen LogP contribution is 2.40. The quantitative estimate of drug-likeness (QED) is 0.0270. The van der Waals surface area contributed by atoms with Crippen LogP contribution in [-0.4, -0.2) is 197 Å². The monoisotopic (exact) mass is 2070 g/mol. The molecule has 13 heterocycles. The number of anilines is 1. The van der Waals surface area contributed by atoms with Gasteiger partial charge in [0, 0.05) is 98.5 Å². The van der Waals surface area contributed by atoms with E-state index in [0.29, 0.717) is 110 Å². The van der Waals surface area contributed by atoms with Gasteiger partial charge in [-0.15, -0.1) is 5.10 Å². The molecule has 0 aliphatic carbocycles. The number of aromatic hydroxyl groups is 1. The largest absolute Gasteiger partial charge is 0.534 e. The smallest absolute Gasteiger partial charge is 0.493 e. The molecule has 17 rings (SSSR count). The summed E-state index contributed by atoms with van der Waals surface area (Å²) in [5.74, 6) is -0.876. The molecule has 9 aromatic heterocycles. The third-order valence-electron chi connectivity index (χ3n) is 21.3. The summed E-state index contributed by atoms with van der Waals surface area (Å²) >= 11 is 35.1. The second kappa shape index (κ2) is 45.3. The number of nitrogen functional groups attached to an aromatic ring is 1. The summed E-state index contributed by atoms with van der Waals surface area (Å²) in [7, 11) is -5.96. The fourth-order valence-electron chi connectivity index (χ4n) is 14.8. The number of aryl methyl sites for hydroxylation is 3. The van der Waals surface area contributed by atoms with Crippen LogP contribution in [0.1, 0.15) is 184 Å². The number of ether oxygens (including phenoxy) is 5. The first-order chi connectivity index (χ1) is 65.8. The number of fused-ring (bicyclic) bond motifs is 5. The van der Waals surface area contributed by atoms with Crippen molar-refractivity contribution in [2.45, 2.75) is 187 Å². The Kier molecular flexibility index (Phi) is 34.4. The molecule has 47 heteroatoms. The zero-order valence-electron chi connectivity index (χ0n) is 77.8. The number of alkyl halides is 3. The van der Waals surface area contributed by atoms with E-state index in [1.807, 2.05) is 123 Å². The molecular formula is C93H99Cl6F3N18O19S. The van der Waals surface area contributed by atoms with Gasteiger partial charge in [-0.1, -0.05) is 81.7 Å². The van der Waals surface area contributed by atoms with Gasteiger partial charge in [0.05, 0.1) is 60.7 Å². The SMILES string of the molecule is CC(C)(C)OC(=O)N1CCC(c2ccc(N)nn2)CC1.CC(C)(C)OC(=O)N1CCC(c2ccc3nc(O)cc(=O)n3n2)CC1.CC(C)(C)OC(=O)N1CCC(c2ccc3nc(OS(=O)(=O)C(F)(F)F)cc(=O)n3n2)CC1.Cc1ccc2nc(C)oc2c1.Cc1nc2ccc(-c3cc(=O)n4nc(C5CCNCC5)ccc4n3)cc2o1.O=C(CC(=O)Oc1c(Cl)cc(Cl)cc1Cl)Oc1c(Cl)cc(Cl)cc1Cl. The van der Waals surface area contributed by atoms with Crippen LogP contribution in [0.15, 0.2) is 151 Å². The summed E-state index contributed by atoms with van der Waals surface area (Å²) in [5, 5.41) is 34.5. The van der Waals surface area contributed by atoms with Crippen LogP contribution in [0.3, 0.4) is 0 Å². The summed E-state index contributed by atoms with van der Waals surface area (Å²) in [6.07, 6.45) is 4.76. The molecule has 3 amide bonds. The number of piperidine rings is 4. The van der Waals surface area contributed by atoms with Crippen molar-refractivity contribution in [1.82, 2.24) is 84.0 Å². The maximum Gasteiger partial charge on any atom is 0.534 e. The molecule has 4 fully saturated rings. The lowest BCUT2D eigenvalue weighted by Gasteiger charge is -2.33. The first-order valence-corrected chi connectivity index (χ1v) is 47.6. The first kappa shape index (κ1) is 106. The number of carbonyl (C=O) groups excluding carboxylic acids is 5. The van der Waals surface area contributed by atoms with Gasteiger partial charge in [0.15, 0.2) is 51.4 Å². The van der Waals surface area contributed by atoms with Crippen LogP contribution >= 0.6 is 69.6 Å². The predicted molar refractivity (Wildman–Crippen MR) is 516 cm³/mol. The molecule has 4 aromatic carbocycles. The van der Waals surface area contributed by atoms with Gasteiger partial charge in [0.1, 0.15) is 40.1 Å². The molecule has 0 spiro atoms. The van der Waals surface area contributed by atoms with Gasteiger partial charge in [-0.3, -0.25) is 24.0 Å². The molecule has 0 saturated carbocycles. The number of carbonyl (C=O) groups is 5. The summed E-state index contributed by atoms with van der Waals surface area (Å²) in [4.78, 5) is 123. The number of nitrogens with one attached hydrogen (secondary N) is 1. The second-order valence-corrected chi connectivity index (χ2v) is 39.7. The lowest BCUT2D eigenvalue weighted by Crippen LogP contribution is -2.41. The summed E-state index contributed by atoms with van der Waals surface area (Å²) in [6, 6.07) is 34.0. The van der Waals surface area contributed by atoms with Crippen LogP contribution in [0.4, 0.5) is 33.4 Å². The molecule has 4 aliphatic heterocycles. The number of nitrogens with zero attached hydrogens (tertiary/aromatic N) is 16. The van der Waals surface area contributed by atoms with Crippen molar-refractivity contribution in [3.05, 3.63) is 229 Å². The number of rotatable bonds is 11. The highest BCUT2D eigenvalue weighted by Gasteiger charge is 2.49. The minimum Gasteiger partial charge on any atom is -0.493 e. The van der Waals surface area contributed by atoms with Gasteiger partial charge in [-0.25, -0.2) is 29.3 Å². The third kappa shape index (κ3) is 29.3. The van der Waals surface area contributed by atoms with Gasteiger partial charge in [0.2, 0.25) is 11.8 Å². The molecular weight excluding hydrogens is 1970 g/mol. The van der Waals surface area contributed by atoms with Crippen molar-refractivity contribution >= 4 is 155 Å². The molecule has 744 valence electrons. The van der Waals surface area contributed by atoms with Crippen molar-refractivity contribution in [2.75, 3.05) is 58.1 Å². The average molecular weight is 2070 g/mol. The van der Waals surface area contributed by atoms with Crippen molar-refractivity contribution in [3.63, 3.8) is 0 Å². The topological polar surface area (TPSA) is 462 Å². The van der Waals surface area contributed by atoms with Crippen LogP contribution in [0, 0.1) is 20.8 Å². The molecule has 140 heavy (non-hydrogen) atoms. The Bertz CT molecular complexity index is 6940. The summed E-state index contributed by atoms with van der Waals surface area (Å²) < 4.78 is 104. The van der Waals surface area contributed by atoms with E-state index in [1.54, 1.807) is 47.6 Å². The van der Waals surface area contributed by atoms with Crippen molar-refractivity contribution < 1.29 is 87.4 Å². The number of halogens is 9. The van der Waals surface area contributed by atoms with E-state index in [4.69, 9.17) is 108 Å². The number of esters is 2. The number of nitrogens with two attached hydrogens (primary N) is 1. The highest BCUT2D eigenvalue weighted by molar-refractivity contribution is 7.88. The van der Waals surface area contributed by atoms with E-state index in [9.17, 15) is 65.1 Å². The lowest BCUT2D eigenvalue weighted by atomic mass is 9.93. The van der Waals surface area contributed by atoms with Crippen molar-refractivity contribution in [3.8, 4) is 34.5 Å². The van der Waals surface area contributed by atoms with Crippen LogP contribution in [0.25, 0.3) is 50.4 Å². The molecule has 4 aliphatic rings. The Morgan fingerprint density at radius 1 is 0.464 bits per heavy atom. The molecule has 37 nitrogen and oxygen atoms in total. The molecule has 0 unspecified atom stereocenters. The minimum absolute atomic E-state index is 0.0167. The second-order valence-electron chi connectivity index (χ2n) is 35.7. The van der Waals surface area contributed by atoms with Crippen LogP contribution in [0.2, 0.25) is 30.1 Å². The van der Waals surface area contributed by atoms with E-state index in [0.717, 1.165) is 107 Å². The van der Waals surface area contributed by atoms with Gasteiger partial charge >= 0.3 is 45.8 Å². The van der Waals surface area contributed by atoms with E-state index >= 15 is 0 Å². The Hall–Kier alpha value is -12.6. The fraction of sp³-hybridized carbons (Fsp3) is 0.398. The van der Waals surface area contributed by atoms with Gasteiger partial charge < -0.3 is 67.6 Å². The normalized spacial score (nSPS) is 14.8. The lowest BCUT2D eigenvalue weighted by molar-refractivity contribution is -0.144. The number of aromatic nitrogens is 13. The van der Waals surface area contributed by atoms with Gasteiger partial charge in [0.25, 0.3) is 16.7 Å². The van der Waals surface area contributed by atoms with E-state index < -0.39 is 73.9 Å². The molecule has 0 bridgehead atoms. The standard InChI is InChI=1S/C20H19N5O2.C18H21F3N4O6S.C17H22N4O4.C15H6Cl6O4.C14H22N4O2.C9H9NO/c1-12-22-16-3-2-14(10-18(16)27-12)17-11-20(26)25-19(23-17)5-4-15(24-25)13-6-8-21-9-7-13;1-17(2,3)30-16(27)24-8-6-11(7-9-24)12-4-5-13-22-14(10-15(26)25(13)23-12)31-32(28,29)18(19,20)21;1-17(2,3)25-16(24)20-8-6-11(7-9-20)12-4-5-13-18-14(22)10-15(23)21(13)19-12;16-6-1-8(18)14(9(19)2-6)24-12(22)5-13(23)25-15-10(20)3-7(17)4-11(15)21;1-14(2,3)20-13(19)18-8-6-10(7-9-18)11-4-5-12(15)17-16-11;1-6-3-4-8-9(5-6)11-7(2)10-8/h2-5,10-11,13,21H,6-9H2,1H3;4-5,10-11H,6-9H2,1-3H3;4-5,10-11,22H,6-9H2,1-3H3;1-4H,5H2;4-5,10H,6-9H2,1-3H3,(H2,15,17);3-5H,1-2H3. The maximum atomic E-state index is 12.7. The molecule has 0 atom stereocenters. The van der Waals surface area contributed by atoms with Crippen LogP contribution in [-0.2, 0) is 33.9 Å². The number of benzene rings is 4. The molecule has 4 saturated heterocycles. The molecule has 13 aromatic rings. The molecule has 0 radical (unpaired) electrons. The summed E-state index contributed by atoms with van der Waals surface area (Å²) in [5.41, 5.74) is 6.62. The van der Waals surface area contributed by atoms with Gasteiger partial charge in [-0.05, 0) is 236 Å². The summed E-state index contributed by atoms with van der Waals surface area (Å²) in [6.45, 7) is 27.6.